The van der Waals surface area contributed by atoms with Gasteiger partial charge in [-0.1, -0.05) is 31.2 Å². The van der Waals surface area contributed by atoms with Crippen LogP contribution in [0.15, 0.2) is 48.7 Å². The fourth-order valence-corrected chi connectivity index (χ4v) is 3.94. The van der Waals surface area contributed by atoms with E-state index in [9.17, 15) is 9.59 Å². The molecule has 162 valence electrons. The van der Waals surface area contributed by atoms with Crippen LogP contribution in [0, 0.1) is 0 Å². The number of Topliss-reactive ketones (excluding diaryl/α,β-unsaturated/α-hetero) is 1. The zero-order valence-electron chi connectivity index (χ0n) is 18.0. The number of fused-ring (bicyclic) bond motifs is 2. The molecule has 1 unspecified atom stereocenters. The van der Waals surface area contributed by atoms with Gasteiger partial charge in [0.15, 0.2) is 17.3 Å². The van der Waals surface area contributed by atoms with Crippen LogP contribution in [0.25, 0.3) is 10.9 Å². The van der Waals surface area contributed by atoms with Gasteiger partial charge in [0.2, 0.25) is 5.91 Å². The number of ether oxygens (including phenoxy) is 2. The van der Waals surface area contributed by atoms with E-state index in [1.807, 2.05) is 60.9 Å². The summed E-state index contributed by atoms with van der Waals surface area (Å²) in [7, 11) is 0. The van der Waals surface area contributed by atoms with Crippen LogP contribution in [0.5, 0.6) is 11.5 Å². The van der Waals surface area contributed by atoms with Crippen molar-refractivity contribution in [3.63, 3.8) is 0 Å². The Labute approximate surface area is 182 Å². The number of nitrogens with one attached hydrogen (secondary N) is 1. The summed E-state index contributed by atoms with van der Waals surface area (Å²) in [5.74, 6) is 1.45. The topological polar surface area (TPSA) is 69.6 Å². The lowest BCUT2D eigenvalue weighted by molar-refractivity contribution is -0.122. The first-order chi connectivity index (χ1) is 15.1. The Morgan fingerprint density at radius 1 is 1.10 bits per heavy atom. The quantitative estimate of drug-likeness (QED) is 0.564. The maximum Gasteiger partial charge on any atom is 0.240 e. The highest BCUT2D eigenvalue weighted by molar-refractivity contribution is 6.08. The average Bonchev–Trinajstić information content (AvgIpc) is 2.96. The van der Waals surface area contributed by atoms with Gasteiger partial charge < -0.3 is 19.4 Å². The van der Waals surface area contributed by atoms with E-state index in [0.717, 1.165) is 35.1 Å². The molecular formula is C25H28N2O4. The second-order valence-electron chi connectivity index (χ2n) is 7.91. The molecule has 1 aliphatic rings. The fraction of sp³-hybridized carbons (Fsp3) is 0.360. The Morgan fingerprint density at radius 3 is 2.68 bits per heavy atom. The van der Waals surface area contributed by atoms with Crippen molar-refractivity contribution in [3.8, 4) is 11.5 Å². The number of benzene rings is 2. The Balaban J connectivity index is 1.49. The summed E-state index contributed by atoms with van der Waals surface area (Å²) in [6, 6.07) is 13.3. The molecule has 0 saturated heterocycles. The van der Waals surface area contributed by atoms with E-state index < -0.39 is 0 Å². The molecule has 0 spiro atoms. The molecule has 4 rings (SSSR count). The molecular weight excluding hydrogens is 392 g/mol. The number of carbonyl (C=O) groups excluding carboxylic acids is 2. The Hall–Kier alpha value is -3.28. The summed E-state index contributed by atoms with van der Waals surface area (Å²) in [6.45, 7) is 5.35. The van der Waals surface area contributed by atoms with Crippen LogP contribution in [-0.2, 0) is 11.3 Å². The smallest absolute Gasteiger partial charge is 0.240 e. The lowest BCUT2D eigenvalue weighted by atomic mass is 10.1. The van der Waals surface area contributed by atoms with Gasteiger partial charge >= 0.3 is 0 Å². The summed E-state index contributed by atoms with van der Waals surface area (Å²) in [5.41, 5.74) is 2.52. The molecule has 0 aliphatic carbocycles. The van der Waals surface area contributed by atoms with Crippen LogP contribution in [0.1, 0.15) is 55.1 Å². The maximum absolute atomic E-state index is 12.8. The minimum Gasteiger partial charge on any atom is -0.490 e. The Kier molecular flexibility index (Phi) is 6.26. The fourth-order valence-electron chi connectivity index (χ4n) is 3.94. The minimum absolute atomic E-state index is 0.110. The Bertz CT molecular complexity index is 1100. The summed E-state index contributed by atoms with van der Waals surface area (Å²) in [6.07, 6.45) is 3.96. The van der Waals surface area contributed by atoms with Crippen LogP contribution < -0.4 is 14.8 Å². The predicted molar refractivity (Wildman–Crippen MR) is 120 cm³/mol. The second-order valence-corrected chi connectivity index (χ2v) is 7.91. The first-order valence-corrected chi connectivity index (χ1v) is 10.9. The standard InChI is InChI=1S/C25H28N2O4/c1-3-7-22(28)20-15-27(21-9-5-4-8-19(20)21)16-25(29)26-17(2)18-10-11-23-24(14-18)31-13-6-12-30-23/h4-5,8-11,14-15,17H,3,6-7,12-13,16H2,1-2H3,(H,26,29). The van der Waals surface area contributed by atoms with E-state index in [0.29, 0.717) is 30.9 Å². The van der Waals surface area contributed by atoms with E-state index in [4.69, 9.17) is 9.47 Å². The molecule has 0 bridgehead atoms. The normalized spacial score (nSPS) is 14.1. The summed E-state index contributed by atoms with van der Waals surface area (Å²) in [5, 5.41) is 3.95. The molecule has 6 heteroatoms. The number of hydrogen-bond acceptors (Lipinski definition) is 4. The van der Waals surface area contributed by atoms with Crippen LogP contribution >= 0.6 is 0 Å². The highest BCUT2D eigenvalue weighted by Gasteiger charge is 2.18. The third-order valence-corrected chi connectivity index (χ3v) is 5.53. The number of nitrogens with zero attached hydrogens (tertiary/aromatic N) is 1. The molecule has 0 radical (unpaired) electrons. The molecule has 1 N–H and O–H groups in total. The molecule has 1 atom stereocenters. The van der Waals surface area contributed by atoms with E-state index in [2.05, 4.69) is 5.32 Å². The molecule has 6 nitrogen and oxygen atoms in total. The van der Waals surface area contributed by atoms with Gasteiger partial charge in [-0.15, -0.1) is 0 Å². The van der Waals surface area contributed by atoms with Gasteiger partial charge in [0, 0.05) is 35.5 Å². The number of rotatable bonds is 7. The first-order valence-electron chi connectivity index (χ1n) is 10.9. The summed E-state index contributed by atoms with van der Waals surface area (Å²) in [4.78, 5) is 25.3. The van der Waals surface area contributed by atoms with Crippen LogP contribution in [0.2, 0.25) is 0 Å². The molecule has 3 aromatic rings. The second kappa shape index (κ2) is 9.25. The predicted octanol–water partition coefficient (Wildman–Crippen LogP) is 4.66. The van der Waals surface area contributed by atoms with Crippen molar-refractivity contribution in [1.29, 1.82) is 0 Å². The average molecular weight is 421 g/mol. The van der Waals surface area contributed by atoms with Gasteiger partial charge in [-0.25, -0.2) is 0 Å². The molecule has 2 heterocycles. The highest BCUT2D eigenvalue weighted by atomic mass is 16.5. The van der Waals surface area contributed by atoms with Crippen molar-refractivity contribution in [1.82, 2.24) is 9.88 Å². The van der Waals surface area contributed by atoms with E-state index in [-0.39, 0.29) is 24.3 Å². The van der Waals surface area contributed by atoms with Crippen molar-refractivity contribution < 1.29 is 19.1 Å². The maximum atomic E-state index is 12.8. The molecule has 1 aromatic heterocycles. The van der Waals surface area contributed by atoms with Gasteiger partial charge in [0.05, 0.1) is 19.3 Å². The molecule has 31 heavy (non-hydrogen) atoms. The van der Waals surface area contributed by atoms with Crippen LogP contribution in [0.4, 0.5) is 0 Å². The van der Waals surface area contributed by atoms with Gasteiger partial charge in [-0.05, 0) is 37.1 Å². The van der Waals surface area contributed by atoms with Crippen LogP contribution in [0.3, 0.4) is 0 Å². The van der Waals surface area contributed by atoms with Gasteiger partial charge in [-0.2, -0.15) is 0 Å². The number of ketones is 1. The first kappa shape index (κ1) is 21.0. The molecule has 1 amide bonds. The molecule has 0 saturated carbocycles. The van der Waals surface area contributed by atoms with Crippen LogP contribution in [-0.4, -0.2) is 29.5 Å². The largest absolute Gasteiger partial charge is 0.490 e. The SMILES string of the molecule is CCCC(=O)c1cn(CC(=O)NC(C)c2ccc3c(c2)OCCCO3)c2ccccc12. The van der Waals surface area contributed by atoms with Crippen molar-refractivity contribution in [2.45, 2.75) is 45.7 Å². The van der Waals surface area contributed by atoms with Gasteiger partial charge in [-0.3, -0.25) is 9.59 Å². The van der Waals surface area contributed by atoms with E-state index >= 15 is 0 Å². The van der Waals surface area contributed by atoms with Crippen molar-refractivity contribution >= 4 is 22.6 Å². The lowest BCUT2D eigenvalue weighted by Crippen LogP contribution is -2.30. The zero-order valence-corrected chi connectivity index (χ0v) is 18.0. The third kappa shape index (κ3) is 4.58. The highest BCUT2D eigenvalue weighted by Crippen LogP contribution is 2.32. The van der Waals surface area contributed by atoms with Crippen molar-refractivity contribution in [2.75, 3.05) is 13.2 Å². The minimum atomic E-state index is -0.187. The zero-order chi connectivity index (χ0) is 21.8. The molecule has 1 aliphatic heterocycles. The monoisotopic (exact) mass is 420 g/mol. The van der Waals surface area contributed by atoms with Gasteiger partial charge in [0.25, 0.3) is 0 Å². The number of carbonyl (C=O) groups is 2. The van der Waals surface area contributed by atoms with Crippen molar-refractivity contribution in [3.05, 3.63) is 59.8 Å². The number of amides is 1. The summed E-state index contributed by atoms with van der Waals surface area (Å²) < 4.78 is 13.3. The summed E-state index contributed by atoms with van der Waals surface area (Å²) >= 11 is 0. The molecule has 0 fully saturated rings. The third-order valence-electron chi connectivity index (χ3n) is 5.53. The number of para-hydroxylation sites is 1. The van der Waals surface area contributed by atoms with Gasteiger partial charge in [0.1, 0.15) is 6.54 Å². The Morgan fingerprint density at radius 2 is 1.87 bits per heavy atom. The lowest BCUT2D eigenvalue weighted by Gasteiger charge is -2.17. The number of hydrogen-bond donors (Lipinski definition) is 1. The molecule has 2 aromatic carbocycles. The number of aromatic nitrogens is 1. The van der Waals surface area contributed by atoms with E-state index in [1.54, 1.807) is 6.20 Å². The van der Waals surface area contributed by atoms with Crippen molar-refractivity contribution in [2.24, 2.45) is 0 Å². The van der Waals surface area contributed by atoms with E-state index in [1.165, 1.54) is 0 Å².